The molecule has 2 unspecified atom stereocenters. The van der Waals surface area contributed by atoms with E-state index >= 15 is 0 Å². The number of benzene rings is 1. The summed E-state index contributed by atoms with van der Waals surface area (Å²) in [6.45, 7) is 6.09. The molecule has 1 aromatic carbocycles. The second-order valence-corrected chi connectivity index (χ2v) is 4.66. The third-order valence-electron chi connectivity index (χ3n) is 3.25. The summed E-state index contributed by atoms with van der Waals surface area (Å²) in [7, 11) is 0. The fourth-order valence-electron chi connectivity index (χ4n) is 1.81. The van der Waals surface area contributed by atoms with Crippen molar-refractivity contribution < 1.29 is 4.39 Å². The van der Waals surface area contributed by atoms with E-state index < -0.39 is 0 Å². The van der Waals surface area contributed by atoms with Gasteiger partial charge < -0.3 is 5.73 Å². The van der Waals surface area contributed by atoms with E-state index in [2.05, 4.69) is 13.8 Å². The molecule has 2 atom stereocenters. The first-order valence-electron chi connectivity index (χ1n) is 6.06. The first-order chi connectivity index (χ1) is 7.54. The summed E-state index contributed by atoms with van der Waals surface area (Å²) in [4.78, 5) is 0. The van der Waals surface area contributed by atoms with Crippen molar-refractivity contribution in [3.63, 3.8) is 0 Å². The van der Waals surface area contributed by atoms with E-state index in [0.29, 0.717) is 12.0 Å². The molecule has 1 aromatic rings. The van der Waals surface area contributed by atoms with Gasteiger partial charge >= 0.3 is 0 Å². The lowest BCUT2D eigenvalue weighted by molar-refractivity contribution is 0.529. The molecule has 1 rings (SSSR count). The number of nitrogens with two attached hydrogens (primary N) is 1. The molecule has 0 bridgehead atoms. The van der Waals surface area contributed by atoms with Crippen LogP contribution in [0.1, 0.15) is 50.2 Å². The highest BCUT2D eigenvalue weighted by atomic mass is 19.1. The Morgan fingerprint density at radius 3 is 2.56 bits per heavy atom. The molecule has 0 aromatic heterocycles. The maximum atomic E-state index is 13.1. The molecule has 1 nitrogen and oxygen atoms in total. The Bertz CT molecular complexity index is 336. The van der Waals surface area contributed by atoms with Crippen LogP contribution >= 0.6 is 0 Å². The van der Waals surface area contributed by atoms with Crippen LogP contribution in [-0.4, -0.2) is 6.04 Å². The van der Waals surface area contributed by atoms with Gasteiger partial charge in [-0.1, -0.05) is 26.0 Å². The molecule has 0 heterocycles. The molecule has 2 heteroatoms. The van der Waals surface area contributed by atoms with Crippen molar-refractivity contribution in [3.8, 4) is 0 Å². The Morgan fingerprint density at radius 1 is 1.31 bits per heavy atom. The fourth-order valence-corrected chi connectivity index (χ4v) is 1.81. The second kappa shape index (κ2) is 6.00. The van der Waals surface area contributed by atoms with Gasteiger partial charge in [-0.3, -0.25) is 0 Å². The molecular formula is C14H22FN. The molecule has 16 heavy (non-hydrogen) atoms. The highest BCUT2D eigenvalue weighted by molar-refractivity contribution is 5.26. The van der Waals surface area contributed by atoms with Crippen molar-refractivity contribution in [1.82, 2.24) is 0 Å². The van der Waals surface area contributed by atoms with E-state index in [0.717, 1.165) is 24.8 Å². The average Bonchev–Trinajstić information content (AvgIpc) is 2.29. The molecule has 0 aliphatic carbocycles. The predicted octanol–water partition coefficient (Wildman–Crippen LogP) is 3.76. The van der Waals surface area contributed by atoms with Gasteiger partial charge in [0.2, 0.25) is 0 Å². The van der Waals surface area contributed by atoms with Crippen LogP contribution in [0.3, 0.4) is 0 Å². The molecule has 0 aliphatic rings. The summed E-state index contributed by atoms with van der Waals surface area (Å²) < 4.78 is 13.1. The number of hydrogen-bond acceptors (Lipinski definition) is 1. The van der Waals surface area contributed by atoms with Crippen molar-refractivity contribution in [2.45, 2.75) is 52.0 Å². The fraction of sp³-hybridized carbons (Fsp3) is 0.571. The number of halogens is 1. The van der Waals surface area contributed by atoms with Gasteiger partial charge in [0.15, 0.2) is 0 Å². The zero-order valence-electron chi connectivity index (χ0n) is 10.5. The van der Waals surface area contributed by atoms with E-state index in [1.165, 1.54) is 5.56 Å². The van der Waals surface area contributed by atoms with Crippen LogP contribution in [0.2, 0.25) is 0 Å². The smallest absolute Gasteiger partial charge is 0.126 e. The summed E-state index contributed by atoms with van der Waals surface area (Å²) in [6.07, 6.45) is 3.13. The number of hydrogen-bond donors (Lipinski definition) is 1. The zero-order chi connectivity index (χ0) is 12.1. The summed E-state index contributed by atoms with van der Waals surface area (Å²) in [5.41, 5.74) is 7.83. The van der Waals surface area contributed by atoms with Gasteiger partial charge in [0, 0.05) is 6.04 Å². The van der Waals surface area contributed by atoms with E-state index in [1.807, 2.05) is 19.1 Å². The summed E-state index contributed by atoms with van der Waals surface area (Å²) >= 11 is 0. The van der Waals surface area contributed by atoms with Gasteiger partial charge in [0.25, 0.3) is 0 Å². The lowest BCUT2D eigenvalue weighted by Crippen LogP contribution is -2.18. The van der Waals surface area contributed by atoms with Gasteiger partial charge in [-0.2, -0.15) is 0 Å². The molecule has 0 fully saturated rings. The first kappa shape index (κ1) is 13.2. The Morgan fingerprint density at radius 2 is 2.00 bits per heavy atom. The number of rotatable bonds is 5. The molecule has 0 aliphatic heterocycles. The van der Waals surface area contributed by atoms with E-state index in [4.69, 9.17) is 5.73 Å². The largest absolute Gasteiger partial charge is 0.328 e. The van der Waals surface area contributed by atoms with Crippen molar-refractivity contribution >= 4 is 0 Å². The van der Waals surface area contributed by atoms with Crippen molar-refractivity contribution in [1.29, 1.82) is 0 Å². The van der Waals surface area contributed by atoms with Gasteiger partial charge in [0.1, 0.15) is 5.82 Å². The highest BCUT2D eigenvalue weighted by Gasteiger charge is 2.09. The van der Waals surface area contributed by atoms with Crippen molar-refractivity contribution in [3.05, 3.63) is 35.1 Å². The zero-order valence-corrected chi connectivity index (χ0v) is 10.5. The molecule has 0 radical (unpaired) electrons. The number of aryl methyl sites for hydroxylation is 1. The van der Waals surface area contributed by atoms with Gasteiger partial charge in [-0.05, 0) is 49.3 Å². The third kappa shape index (κ3) is 3.60. The minimum absolute atomic E-state index is 0.124. The lowest BCUT2D eigenvalue weighted by atomic mass is 9.93. The maximum Gasteiger partial charge on any atom is 0.126 e. The Hall–Kier alpha value is -0.890. The van der Waals surface area contributed by atoms with Crippen LogP contribution < -0.4 is 5.73 Å². The lowest BCUT2D eigenvalue weighted by Gasteiger charge is -2.15. The van der Waals surface area contributed by atoms with Crippen molar-refractivity contribution in [2.24, 2.45) is 5.73 Å². The monoisotopic (exact) mass is 223 g/mol. The highest BCUT2D eigenvalue weighted by Crippen LogP contribution is 2.23. The SMILES string of the molecule is CCC(N)CCC(C)c1ccc(F)c(C)c1. The standard InChI is InChI=1S/C14H22FN/c1-4-13(16)7-5-10(2)12-6-8-14(15)11(3)9-12/h6,8-10,13H,4-5,7,16H2,1-3H3. The molecule has 90 valence electrons. The molecule has 0 amide bonds. The van der Waals surface area contributed by atoms with Gasteiger partial charge in [-0.15, -0.1) is 0 Å². The predicted molar refractivity (Wildman–Crippen MR) is 67.1 cm³/mol. The molecule has 0 saturated carbocycles. The summed E-state index contributed by atoms with van der Waals surface area (Å²) in [5, 5.41) is 0. The normalized spacial score (nSPS) is 14.8. The van der Waals surface area contributed by atoms with Crippen LogP contribution in [0, 0.1) is 12.7 Å². The third-order valence-corrected chi connectivity index (χ3v) is 3.25. The van der Waals surface area contributed by atoms with Gasteiger partial charge in [0.05, 0.1) is 0 Å². The van der Waals surface area contributed by atoms with Crippen molar-refractivity contribution in [2.75, 3.05) is 0 Å². The van der Waals surface area contributed by atoms with Crippen LogP contribution in [-0.2, 0) is 0 Å². The first-order valence-corrected chi connectivity index (χ1v) is 6.06. The van der Waals surface area contributed by atoms with Crippen LogP contribution in [0.15, 0.2) is 18.2 Å². The molecule has 2 N–H and O–H groups in total. The van der Waals surface area contributed by atoms with Crippen LogP contribution in [0.5, 0.6) is 0 Å². The van der Waals surface area contributed by atoms with E-state index in [1.54, 1.807) is 6.07 Å². The molecule has 0 saturated heterocycles. The Labute approximate surface area is 97.9 Å². The molecule has 0 spiro atoms. The van der Waals surface area contributed by atoms with Crippen LogP contribution in [0.4, 0.5) is 4.39 Å². The summed E-state index contributed by atoms with van der Waals surface area (Å²) in [6, 6.07) is 5.67. The maximum absolute atomic E-state index is 13.1. The van der Waals surface area contributed by atoms with E-state index in [9.17, 15) is 4.39 Å². The average molecular weight is 223 g/mol. The quantitative estimate of drug-likeness (QED) is 0.808. The second-order valence-electron chi connectivity index (χ2n) is 4.66. The Balaban J connectivity index is 2.59. The van der Waals surface area contributed by atoms with Gasteiger partial charge in [-0.25, -0.2) is 4.39 Å². The Kier molecular flexibility index (Phi) is 4.94. The summed E-state index contributed by atoms with van der Waals surface area (Å²) in [5.74, 6) is 0.332. The van der Waals surface area contributed by atoms with Crippen LogP contribution in [0.25, 0.3) is 0 Å². The van der Waals surface area contributed by atoms with E-state index in [-0.39, 0.29) is 5.82 Å². The molecular weight excluding hydrogens is 201 g/mol. The minimum Gasteiger partial charge on any atom is -0.328 e. The minimum atomic E-state index is -0.124. The topological polar surface area (TPSA) is 26.0 Å².